The van der Waals surface area contributed by atoms with E-state index in [-0.39, 0.29) is 19.6 Å². The van der Waals surface area contributed by atoms with E-state index in [1.807, 2.05) is 0 Å². The van der Waals surface area contributed by atoms with Gasteiger partial charge in [0.15, 0.2) is 0 Å². The number of carbonyl (C=O) groups is 1. The van der Waals surface area contributed by atoms with Crippen LogP contribution in [0.25, 0.3) is 0 Å². The topological polar surface area (TPSA) is 113 Å². The Balaban J connectivity index is 2.54. The summed E-state index contributed by atoms with van der Waals surface area (Å²) in [7, 11) is 0. The Kier molecular flexibility index (Phi) is 3.82. The van der Waals surface area contributed by atoms with Crippen LogP contribution in [0.1, 0.15) is 6.42 Å². The summed E-state index contributed by atoms with van der Waals surface area (Å²) in [6.45, 7) is -0.145. The molecule has 1 aliphatic heterocycles. The molecule has 0 aromatic carbocycles. The summed E-state index contributed by atoms with van der Waals surface area (Å²) in [5, 5.41) is 27.8. The van der Waals surface area contributed by atoms with Crippen molar-refractivity contribution in [2.45, 2.75) is 24.7 Å². The Labute approximate surface area is 81.3 Å². The molecule has 6 heteroatoms. The molecule has 4 atom stereocenters. The SMILES string of the molecule is NC(=O)C[C@H]1OC[C@@H](CO)[C@@H](O)[C@H]1O. The van der Waals surface area contributed by atoms with Crippen molar-refractivity contribution >= 4 is 5.91 Å². The zero-order valence-electron chi connectivity index (χ0n) is 7.67. The van der Waals surface area contributed by atoms with Crippen molar-refractivity contribution in [1.82, 2.24) is 0 Å². The van der Waals surface area contributed by atoms with Crippen LogP contribution in [0.2, 0.25) is 0 Å². The fraction of sp³-hybridized carbons (Fsp3) is 0.875. The number of aliphatic hydroxyl groups is 3. The smallest absolute Gasteiger partial charge is 0.220 e. The summed E-state index contributed by atoms with van der Waals surface area (Å²) in [5.74, 6) is -1.10. The van der Waals surface area contributed by atoms with Crippen LogP contribution in [0, 0.1) is 5.92 Å². The number of hydrogen-bond acceptors (Lipinski definition) is 5. The van der Waals surface area contributed by atoms with Gasteiger partial charge < -0.3 is 25.8 Å². The molecule has 1 aliphatic rings. The van der Waals surface area contributed by atoms with Gasteiger partial charge in [0.05, 0.1) is 31.8 Å². The number of aliphatic hydroxyl groups excluding tert-OH is 3. The number of amides is 1. The Hall–Kier alpha value is -0.690. The highest BCUT2D eigenvalue weighted by molar-refractivity contribution is 5.74. The molecule has 0 radical (unpaired) electrons. The first-order chi connectivity index (χ1) is 6.56. The van der Waals surface area contributed by atoms with E-state index in [0.29, 0.717) is 0 Å². The molecule has 0 saturated carbocycles. The van der Waals surface area contributed by atoms with Gasteiger partial charge in [0.2, 0.25) is 5.91 Å². The number of rotatable bonds is 3. The van der Waals surface area contributed by atoms with E-state index in [2.05, 4.69) is 0 Å². The number of carbonyl (C=O) groups excluding carboxylic acids is 1. The van der Waals surface area contributed by atoms with Crippen molar-refractivity contribution in [3.63, 3.8) is 0 Å². The molecule has 0 spiro atoms. The molecule has 6 nitrogen and oxygen atoms in total. The van der Waals surface area contributed by atoms with Gasteiger partial charge in [0.25, 0.3) is 0 Å². The maximum absolute atomic E-state index is 10.6. The standard InChI is InChI=1S/C8H15NO5/c9-6(11)1-5-8(13)7(12)4(2-10)3-14-5/h4-5,7-8,10,12-13H,1-3H2,(H2,9,11)/t4-,5-,7-,8+/m1/s1. The molecular weight excluding hydrogens is 190 g/mol. The Bertz CT molecular complexity index is 210. The lowest BCUT2D eigenvalue weighted by molar-refractivity contribution is -0.174. The molecule has 1 heterocycles. The van der Waals surface area contributed by atoms with Crippen LogP contribution in [0.4, 0.5) is 0 Å². The molecule has 82 valence electrons. The molecule has 1 fully saturated rings. The molecule has 0 unspecified atom stereocenters. The molecule has 0 aromatic rings. The average molecular weight is 205 g/mol. The minimum Gasteiger partial charge on any atom is -0.396 e. The summed E-state index contributed by atoms with van der Waals surface area (Å²) in [5.41, 5.74) is 4.94. The van der Waals surface area contributed by atoms with Crippen LogP contribution < -0.4 is 5.73 Å². The lowest BCUT2D eigenvalue weighted by atomic mass is 9.91. The quantitative estimate of drug-likeness (QED) is 0.410. The first-order valence-corrected chi connectivity index (χ1v) is 4.43. The van der Waals surface area contributed by atoms with E-state index in [1.54, 1.807) is 0 Å². The first-order valence-electron chi connectivity index (χ1n) is 4.43. The fourth-order valence-electron chi connectivity index (χ4n) is 1.48. The monoisotopic (exact) mass is 205 g/mol. The van der Waals surface area contributed by atoms with Gasteiger partial charge in [-0.3, -0.25) is 4.79 Å². The van der Waals surface area contributed by atoms with Gasteiger partial charge in [-0.2, -0.15) is 0 Å². The second-order valence-corrected chi connectivity index (χ2v) is 3.47. The maximum atomic E-state index is 10.6. The number of nitrogens with two attached hydrogens (primary N) is 1. The van der Waals surface area contributed by atoms with Gasteiger partial charge in [-0.25, -0.2) is 0 Å². The van der Waals surface area contributed by atoms with E-state index in [9.17, 15) is 15.0 Å². The predicted octanol–water partition coefficient (Wildman–Crippen LogP) is -2.41. The molecule has 14 heavy (non-hydrogen) atoms. The zero-order chi connectivity index (χ0) is 10.7. The van der Waals surface area contributed by atoms with E-state index in [1.165, 1.54) is 0 Å². The van der Waals surface area contributed by atoms with Crippen LogP contribution in [0.15, 0.2) is 0 Å². The maximum Gasteiger partial charge on any atom is 0.220 e. The van der Waals surface area contributed by atoms with Crippen LogP contribution in [-0.4, -0.2) is 52.8 Å². The van der Waals surface area contributed by atoms with Crippen molar-refractivity contribution < 1.29 is 24.9 Å². The minimum absolute atomic E-state index is 0.118. The highest BCUT2D eigenvalue weighted by atomic mass is 16.5. The fourth-order valence-corrected chi connectivity index (χ4v) is 1.48. The van der Waals surface area contributed by atoms with E-state index in [4.69, 9.17) is 15.6 Å². The highest BCUT2D eigenvalue weighted by Gasteiger charge is 2.38. The average Bonchev–Trinajstić information content (AvgIpc) is 2.13. The molecule has 0 aromatic heterocycles. The Morgan fingerprint density at radius 1 is 1.43 bits per heavy atom. The number of primary amides is 1. The van der Waals surface area contributed by atoms with Crippen LogP contribution in [0.3, 0.4) is 0 Å². The van der Waals surface area contributed by atoms with Gasteiger partial charge in [0.1, 0.15) is 6.10 Å². The van der Waals surface area contributed by atoms with Crippen molar-refractivity contribution in [1.29, 1.82) is 0 Å². The lowest BCUT2D eigenvalue weighted by Gasteiger charge is -2.36. The molecule has 0 aliphatic carbocycles. The zero-order valence-corrected chi connectivity index (χ0v) is 7.67. The van der Waals surface area contributed by atoms with Crippen LogP contribution in [-0.2, 0) is 9.53 Å². The van der Waals surface area contributed by atoms with Crippen LogP contribution in [0.5, 0.6) is 0 Å². The normalized spacial score (nSPS) is 38.2. The summed E-state index contributed by atoms with van der Waals surface area (Å²) in [6, 6.07) is 0. The van der Waals surface area contributed by atoms with Gasteiger partial charge in [-0.15, -0.1) is 0 Å². The molecule has 1 saturated heterocycles. The van der Waals surface area contributed by atoms with Crippen LogP contribution >= 0.6 is 0 Å². The summed E-state index contributed by atoms with van der Waals surface area (Å²) in [6.07, 6.45) is -3.15. The predicted molar refractivity (Wildman–Crippen MR) is 46.1 cm³/mol. The summed E-state index contributed by atoms with van der Waals surface area (Å²) in [4.78, 5) is 10.6. The van der Waals surface area contributed by atoms with Gasteiger partial charge in [0, 0.05) is 5.92 Å². The third-order valence-corrected chi connectivity index (χ3v) is 2.38. The van der Waals surface area contributed by atoms with Gasteiger partial charge in [-0.05, 0) is 0 Å². The first kappa shape index (κ1) is 11.4. The van der Waals surface area contributed by atoms with Crippen molar-refractivity contribution in [3.05, 3.63) is 0 Å². The van der Waals surface area contributed by atoms with E-state index < -0.39 is 30.1 Å². The third-order valence-electron chi connectivity index (χ3n) is 2.38. The molecule has 0 bridgehead atoms. The number of ether oxygens (including phenoxy) is 1. The molecule has 5 N–H and O–H groups in total. The van der Waals surface area contributed by atoms with Gasteiger partial charge in [-0.1, -0.05) is 0 Å². The molecule has 1 amide bonds. The largest absolute Gasteiger partial charge is 0.396 e. The third kappa shape index (κ3) is 2.42. The van der Waals surface area contributed by atoms with E-state index in [0.717, 1.165) is 0 Å². The molecular formula is C8H15NO5. The van der Waals surface area contributed by atoms with Crippen molar-refractivity contribution in [3.8, 4) is 0 Å². The van der Waals surface area contributed by atoms with Gasteiger partial charge >= 0.3 is 0 Å². The summed E-state index contributed by atoms with van der Waals surface area (Å²) < 4.78 is 5.10. The summed E-state index contributed by atoms with van der Waals surface area (Å²) >= 11 is 0. The second-order valence-electron chi connectivity index (χ2n) is 3.47. The minimum atomic E-state index is -1.17. The van der Waals surface area contributed by atoms with E-state index >= 15 is 0 Å². The lowest BCUT2D eigenvalue weighted by Crippen LogP contribution is -2.52. The molecule has 1 rings (SSSR count). The van der Waals surface area contributed by atoms with Crippen molar-refractivity contribution in [2.24, 2.45) is 11.7 Å². The highest BCUT2D eigenvalue weighted by Crippen LogP contribution is 2.21. The Morgan fingerprint density at radius 2 is 2.07 bits per heavy atom. The number of hydrogen-bond donors (Lipinski definition) is 4. The Morgan fingerprint density at radius 3 is 2.57 bits per heavy atom. The van der Waals surface area contributed by atoms with Crippen molar-refractivity contribution in [2.75, 3.05) is 13.2 Å². The second kappa shape index (κ2) is 4.70.